The van der Waals surface area contributed by atoms with Gasteiger partial charge >= 0.3 is 0 Å². The van der Waals surface area contributed by atoms with Gasteiger partial charge in [-0.05, 0) is 6.07 Å². The first-order chi connectivity index (χ1) is 8.55. The number of aromatic nitrogens is 1. The number of hydrogen-bond acceptors (Lipinski definition) is 2. The van der Waals surface area contributed by atoms with E-state index in [1.165, 1.54) is 6.20 Å². The van der Waals surface area contributed by atoms with Crippen LogP contribution in [0.25, 0.3) is 4.85 Å². The second-order valence-corrected chi connectivity index (χ2v) is 6.65. The fourth-order valence-corrected chi connectivity index (χ4v) is 1.36. The highest BCUT2D eigenvalue weighted by Crippen LogP contribution is 2.30. The monoisotopic (exact) mass is 259 g/mol. The summed E-state index contributed by atoms with van der Waals surface area (Å²) in [6, 6.07) is 1.79. The molecule has 1 N–H and O–H groups in total. The smallest absolute Gasteiger partial charge is 0.228 e. The highest BCUT2D eigenvalue weighted by atomic mass is 16.2. The minimum Gasteiger partial charge on any atom is -0.335 e. The maximum absolute atomic E-state index is 12.0. The Morgan fingerprint density at radius 2 is 1.84 bits per heavy atom. The summed E-state index contributed by atoms with van der Waals surface area (Å²) in [4.78, 5) is 19.7. The van der Waals surface area contributed by atoms with Crippen LogP contribution >= 0.6 is 0 Å². The number of pyridine rings is 1. The van der Waals surface area contributed by atoms with E-state index in [-0.39, 0.29) is 11.3 Å². The average Bonchev–Trinajstić information content (AvgIpc) is 2.26. The van der Waals surface area contributed by atoms with Crippen LogP contribution in [0.3, 0.4) is 0 Å². The molecule has 1 aromatic rings. The van der Waals surface area contributed by atoms with Crippen LogP contribution in [0.1, 0.15) is 47.2 Å². The molecule has 1 aromatic heterocycles. The van der Waals surface area contributed by atoms with Crippen molar-refractivity contribution in [2.45, 2.75) is 47.0 Å². The molecule has 4 nitrogen and oxygen atoms in total. The van der Waals surface area contributed by atoms with Gasteiger partial charge in [0.1, 0.15) is 0 Å². The summed E-state index contributed by atoms with van der Waals surface area (Å²) < 4.78 is 0. The van der Waals surface area contributed by atoms with Crippen molar-refractivity contribution in [1.82, 2.24) is 4.98 Å². The van der Waals surface area contributed by atoms with Gasteiger partial charge in [0.05, 0.1) is 6.57 Å². The molecule has 19 heavy (non-hydrogen) atoms. The molecule has 4 heteroatoms. The van der Waals surface area contributed by atoms with Crippen molar-refractivity contribution in [1.29, 1.82) is 0 Å². The van der Waals surface area contributed by atoms with E-state index in [2.05, 4.69) is 15.1 Å². The number of hydrogen-bond donors (Lipinski definition) is 1. The van der Waals surface area contributed by atoms with Crippen LogP contribution in [0.15, 0.2) is 12.3 Å². The molecule has 0 aliphatic rings. The van der Waals surface area contributed by atoms with Gasteiger partial charge in [-0.1, -0.05) is 41.5 Å². The zero-order valence-electron chi connectivity index (χ0n) is 12.5. The Labute approximate surface area is 115 Å². The summed E-state index contributed by atoms with van der Waals surface area (Å²) >= 11 is 0. The lowest BCUT2D eigenvalue weighted by Gasteiger charge is -2.21. The highest BCUT2D eigenvalue weighted by molar-refractivity contribution is 5.97. The second-order valence-electron chi connectivity index (χ2n) is 6.65. The van der Waals surface area contributed by atoms with Gasteiger partial charge in [-0.3, -0.25) is 9.78 Å². The number of anilines is 1. The average molecular weight is 259 g/mol. The first-order valence-corrected chi connectivity index (χ1v) is 6.25. The summed E-state index contributed by atoms with van der Waals surface area (Å²) in [7, 11) is 0. The fourth-order valence-electron chi connectivity index (χ4n) is 1.36. The third-order valence-electron chi connectivity index (χ3n) is 2.70. The van der Waals surface area contributed by atoms with Crippen LogP contribution in [-0.2, 0) is 10.2 Å². The topological polar surface area (TPSA) is 46.4 Å². The summed E-state index contributed by atoms with van der Waals surface area (Å²) in [6.07, 6.45) is 1.52. The molecular formula is C15H21N3O. The van der Waals surface area contributed by atoms with Gasteiger partial charge in [-0.15, -0.1) is 0 Å². The Balaban J connectivity index is 3.19. The number of carbonyl (C=O) groups excluding carboxylic acids is 1. The molecule has 1 rings (SSSR count). The Bertz CT molecular complexity index is 528. The predicted molar refractivity (Wildman–Crippen MR) is 77.3 cm³/mol. The van der Waals surface area contributed by atoms with Crippen molar-refractivity contribution >= 4 is 17.3 Å². The normalized spacial score (nSPS) is 11.8. The lowest BCUT2D eigenvalue weighted by atomic mass is 9.91. The minimum atomic E-state index is -0.496. The van der Waals surface area contributed by atoms with Crippen LogP contribution in [0, 0.1) is 12.0 Å². The molecular weight excluding hydrogens is 238 g/mol. The molecule has 102 valence electrons. The van der Waals surface area contributed by atoms with Gasteiger partial charge in [0.15, 0.2) is 0 Å². The quantitative estimate of drug-likeness (QED) is 0.777. The van der Waals surface area contributed by atoms with Crippen molar-refractivity contribution in [2.75, 3.05) is 5.32 Å². The van der Waals surface area contributed by atoms with E-state index in [9.17, 15) is 4.79 Å². The van der Waals surface area contributed by atoms with Crippen LogP contribution in [0.4, 0.5) is 11.4 Å². The zero-order chi connectivity index (χ0) is 14.8. The Kier molecular flexibility index (Phi) is 4.00. The molecule has 0 fully saturated rings. The molecule has 0 spiro atoms. The molecule has 0 unspecified atom stereocenters. The molecule has 0 aliphatic carbocycles. The lowest BCUT2D eigenvalue weighted by molar-refractivity contribution is -0.123. The highest BCUT2D eigenvalue weighted by Gasteiger charge is 2.23. The molecule has 0 aliphatic heterocycles. The van der Waals surface area contributed by atoms with Gasteiger partial charge in [0, 0.05) is 28.4 Å². The first-order valence-electron chi connectivity index (χ1n) is 6.25. The predicted octanol–water partition coefficient (Wildman–Crippen LogP) is 3.91. The van der Waals surface area contributed by atoms with E-state index in [0.717, 1.165) is 5.69 Å². The number of rotatable bonds is 1. The van der Waals surface area contributed by atoms with Gasteiger partial charge in [-0.25, -0.2) is 4.85 Å². The summed E-state index contributed by atoms with van der Waals surface area (Å²) in [5.41, 5.74) is 1.14. The zero-order valence-corrected chi connectivity index (χ0v) is 12.5. The molecule has 0 saturated carbocycles. The van der Waals surface area contributed by atoms with Gasteiger partial charge in [0.25, 0.3) is 0 Å². The third-order valence-corrected chi connectivity index (χ3v) is 2.70. The maximum Gasteiger partial charge on any atom is 0.228 e. The Morgan fingerprint density at radius 1 is 1.26 bits per heavy atom. The van der Waals surface area contributed by atoms with Gasteiger partial charge in [-0.2, -0.15) is 0 Å². The van der Waals surface area contributed by atoms with Crippen molar-refractivity contribution in [3.8, 4) is 0 Å². The van der Waals surface area contributed by atoms with Crippen LogP contribution < -0.4 is 5.32 Å². The SMILES string of the molecule is [C-]#[N+]c1cnc(C(C)(C)C)cc1NC(=O)C(C)(C)C. The van der Waals surface area contributed by atoms with Gasteiger partial charge in [0.2, 0.25) is 11.6 Å². The fraction of sp³-hybridized carbons (Fsp3) is 0.533. The number of nitrogens with zero attached hydrogens (tertiary/aromatic N) is 2. The minimum absolute atomic E-state index is 0.108. The van der Waals surface area contributed by atoms with E-state index < -0.39 is 5.41 Å². The summed E-state index contributed by atoms with van der Waals surface area (Å²) in [5, 5.41) is 2.82. The molecule has 0 aromatic carbocycles. The Hall–Kier alpha value is -1.89. The van der Waals surface area contributed by atoms with Crippen LogP contribution in [-0.4, -0.2) is 10.9 Å². The second kappa shape index (κ2) is 5.00. The van der Waals surface area contributed by atoms with Crippen molar-refractivity contribution in [3.05, 3.63) is 29.4 Å². The third kappa shape index (κ3) is 3.78. The van der Waals surface area contributed by atoms with E-state index in [0.29, 0.717) is 11.4 Å². The van der Waals surface area contributed by atoms with Gasteiger partial charge < -0.3 is 5.32 Å². The molecule has 1 amide bonds. The van der Waals surface area contributed by atoms with Crippen molar-refractivity contribution < 1.29 is 4.79 Å². The number of amides is 1. The standard InChI is InChI=1S/C15H21N3O/c1-14(2,3)12-8-10(11(16-7)9-17-12)18-13(19)15(4,5)6/h8-9H,1-6H3,(H,17,18,19). The molecule has 0 bridgehead atoms. The van der Waals surface area contributed by atoms with E-state index in [1.807, 2.05) is 41.5 Å². The molecule has 0 saturated heterocycles. The van der Waals surface area contributed by atoms with Crippen molar-refractivity contribution in [2.24, 2.45) is 5.41 Å². The summed E-state index contributed by atoms with van der Waals surface area (Å²) in [5.74, 6) is -0.108. The summed E-state index contributed by atoms with van der Waals surface area (Å²) in [6.45, 7) is 18.8. The van der Waals surface area contributed by atoms with Crippen LogP contribution in [0.2, 0.25) is 0 Å². The molecule has 0 atom stereocenters. The molecule has 1 heterocycles. The van der Waals surface area contributed by atoms with Crippen molar-refractivity contribution in [3.63, 3.8) is 0 Å². The van der Waals surface area contributed by atoms with Crippen LogP contribution in [0.5, 0.6) is 0 Å². The first kappa shape index (κ1) is 15.2. The van der Waals surface area contributed by atoms with E-state index >= 15 is 0 Å². The maximum atomic E-state index is 12.0. The lowest BCUT2D eigenvalue weighted by Crippen LogP contribution is -2.28. The Morgan fingerprint density at radius 3 is 2.26 bits per heavy atom. The van der Waals surface area contributed by atoms with E-state index in [4.69, 9.17) is 6.57 Å². The van der Waals surface area contributed by atoms with E-state index in [1.54, 1.807) is 6.07 Å². The largest absolute Gasteiger partial charge is 0.335 e. The number of carbonyl (C=O) groups is 1. The number of nitrogens with one attached hydrogen (secondary N) is 1. The molecule has 0 radical (unpaired) electrons.